The van der Waals surface area contributed by atoms with Crippen LogP contribution in [0.3, 0.4) is 0 Å². The van der Waals surface area contributed by atoms with Crippen LogP contribution in [0.1, 0.15) is 13.8 Å². The van der Waals surface area contributed by atoms with E-state index in [1.807, 2.05) is 13.8 Å². The minimum atomic E-state index is -0.507. The highest BCUT2D eigenvalue weighted by Crippen LogP contribution is 2.29. The number of rotatable bonds is 6. The molecule has 2 N–H and O–H groups in total. The van der Waals surface area contributed by atoms with Crippen molar-refractivity contribution in [2.45, 2.75) is 20.0 Å². The summed E-state index contributed by atoms with van der Waals surface area (Å²) < 4.78 is 29.0. The number of methoxy groups -OCH3 is 1. The largest absolute Gasteiger partial charge is 0.494 e. The molecule has 0 heterocycles. The summed E-state index contributed by atoms with van der Waals surface area (Å²) >= 11 is 0. The van der Waals surface area contributed by atoms with Gasteiger partial charge in [0.05, 0.1) is 25.5 Å². The minimum absolute atomic E-state index is 0.114. The van der Waals surface area contributed by atoms with Gasteiger partial charge in [-0.25, -0.2) is 4.39 Å². The van der Waals surface area contributed by atoms with E-state index in [2.05, 4.69) is 0 Å². The minimum Gasteiger partial charge on any atom is -0.494 e. The summed E-state index contributed by atoms with van der Waals surface area (Å²) in [4.78, 5) is 0. The van der Waals surface area contributed by atoms with Gasteiger partial charge in [-0.2, -0.15) is 0 Å². The van der Waals surface area contributed by atoms with Gasteiger partial charge in [0.2, 0.25) is 0 Å². The van der Waals surface area contributed by atoms with Gasteiger partial charge in [0.25, 0.3) is 0 Å². The molecule has 96 valence electrons. The maximum atomic E-state index is 13.5. The van der Waals surface area contributed by atoms with Crippen LogP contribution in [-0.4, -0.2) is 26.4 Å². The molecule has 0 spiro atoms. The number of hydrogen-bond donors (Lipinski definition) is 1. The van der Waals surface area contributed by atoms with Crippen molar-refractivity contribution in [1.29, 1.82) is 0 Å². The topological polar surface area (TPSA) is 53.7 Å². The summed E-state index contributed by atoms with van der Waals surface area (Å²) in [6.45, 7) is 4.53. The molecule has 0 unspecified atom stereocenters. The first kappa shape index (κ1) is 13.6. The molecule has 0 aliphatic heterocycles. The Morgan fingerprint density at radius 3 is 2.53 bits per heavy atom. The monoisotopic (exact) mass is 243 g/mol. The van der Waals surface area contributed by atoms with Crippen molar-refractivity contribution in [3.63, 3.8) is 0 Å². The van der Waals surface area contributed by atoms with Gasteiger partial charge >= 0.3 is 0 Å². The van der Waals surface area contributed by atoms with Gasteiger partial charge in [-0.3, -0.25) is 0 Å². The van der Waals surface area contributed by atoms with Crippen LogP contribution in [0.5, 0.6) is 11.5 Å². The molecule has 0 bridgehead atoms. The van der Waals surface area contributed by atoms with Crippen LogP contribution >= 0.6 is 0 Å². The third kappa shape index (κ3) is 4.11. The Kier molecular flexibility index (Phi) is 5.03. The van der Waals surface area contributed by atoms with Crippen molar-refractivity contribution in [3.05, 3.63) is 17.9 Å². The summed E-state index contributed by atoms with van der Waals surface area (Å²) in [5.41, 5.74) is 5.80. The molecule has 0 saturated carbocycles. The third-order valence-electron chi connectivity index (χ3n) is 2.08. The fourth-order valence-electron chi connectivity index (χ4n) is 1.27. The van der Waals surface area contributed by atoms with Crippen molar-refractivity contribution >= 4 is 5.69 Å². The standard InChI is InChI=1S/C12H18FNO3/c1-8(2)16-4-5-17-11-7-12(15-3)10(14)6-9(11)13/h6-8H,4-5,14H2,1-3H3. The van der Waals surface area contributed by atoms with Crippen LogP contribution in [0.4, 0.5) is 10.1 Å². The maximum Gasteiger partial charge on any atom is 0.167 e. The summed E-state index contributed by atoms with van der Waals surface area (Å²) in [5.74, 6) is 0.00225. The van der Waals surface area contributed by atoms with Crippen LogP contribution in [0, 0.1) is 5.82 Å². The zero-order valence-corrected chi connectivity index (χ0v) is 10.3. The van der Waals surface area contributed by atoms with Crippen molar-refractivity contribution in [3.8, 4) is 11.5 Å². The molecule has 0 aliphatic rings. The first-order valence-corrected chi connectivity index (χ1v) is 5.42. The van der Waals surface area contributed by atoms with Gasteiger partial charge in [0.1, 0.15) is 12.4 Å². The van der Waals surface area contributed by atoms with Gasteiger partial charge in [0, 0.05) is 12.1 Å². The molecule has 0 radical (unpaired) electrons. The Labute approximate surface area is 100 Å². The Hall–Kier alpha value is -1.49. The summed E-state index contributed by atoms with van der Waals surface area (Å²) in [5, 5.41) is 0. The molecule has 1 aromatic rings. The van der Waals surface area contributed by atoms with E-state index in [-0.39, 0.29) is 24.1 Å². The van der Waals surface area contributed by atoms with E-state index in [1.54, 1.807) is 0 Å². The molecule has 5 heteroatoms. The number of halogens is 1. The van der Waals surface area contributed by atoms with Gasteiger partial charge in [-0.05, 0) is 13.8 Å². The van der Waals surface area contributed by atoms with E-state index < -0.39 is 5.82 Å². The summed E-state index contributed by atoms with van der Waals surface area (Å²) in [6, 6.07) is 2.61. The van der Waals surface area contributed by atoms with Gasteiger partial charge in [0.15, 0.2) is 11.6 Å². The van der Waals surface area contributed by atoms with E-state index in [1.165, 1.54) is 19.2 Å². The number of nitrogens with two attached hydrogens (primary N) is 1. The fraction of sp³-hybridized carbons (Fsp3) is 0.500. The second-order valence-electron chi connectivity index (χ2n) is 3.79. The smallest absolute Gasteiger partial charge is 0.167 e. The summed E-state index contributed by atoms with van der Waals surface area (Å²) in [6.07, 6.45) is 0.129. The van der Waals surface area contributed by atoms with E-state index in [0.717, 1.165) is 0 Å². The molecule has 0 amide bonds. The Balaban J connectivity index is 2.58. The summed E-state index contributed by atoms with van der Waals surface area (Å²) in [7, 11) is 1.47. The SMILES string of the molecule is COc1cc(OCCOC(C)C)c(F)cc1N. The molecular formula is C12H18FNO3. The maximum absolute atomic E-state index is 13.5. The van der Waals surface area contributed by atoms with Crippen molar-refractivity contribution < 1.29 is 18.6 Å². The lowest BCUT2D eigenvalue weighted by Crippen LogP contribution is -2.12. The number of anilines is 1. The third-order valence-corrected chi connectivity index (χ3v) is 2.08. The van der Waals surface area contributed by atoms with Gasteiger partial charge < -0.3 is 19.9 Å². The second-order valence-corrected chi connectivity index (χ2v) is 3.79. The number of hydrogen-bond acceptors (Lipinski definition) is 4. The highest BCUT2D eigenvalue weighted by atomic mass is 19.1. The Bertz CT molecular complexity index is 369. The molecule has 0 aliphatic carbocycles. The molecule has 0 aromatic heterocycles. The van der Waals surface area contributed by atoms with Crippen LogP contribution in [0.25, 0.3) is 0 Å². The molecule has 17 heavy (non-hydrogen) atoms. The van der Waals surface area contributed by atoms with E-state index in [4.69, 9.17) is 19.9 Å². The molecule has 0 atom stereocenters. The average Bonchev–Trinajstić information content (AvgIpc) is 2.26. The zero-order valence-electron chi connectivity index (χ0n) is 10.3. The van der Waals surface area contributed by atoms with E-state index in [0.29, 0.717) is 12.4 Å². The average molecular weight is 243 g/mol. The van der Waals surface area contributed by atoms with Crippen LogP contribution < -0.4 is 15.2 Å². The lowest BCUT2D eigenvalue weighted by Gasteiger charge is -2.12. The van der Waals surface area contributed by atoms with Crippen molar-refractivity contribution in [1.82, 2.24) is 0 Å². The lowest BCUT2D eigenvalue weighted by molar-refractivity contribution is 0.0544. The number of nitrogen functional groups attached to an aromatic ring is 1. The first-order valence-electron chi connectivity index (χ1n) is 5.42. The van der Waals surface area contributed by atoms with Crippen LogP contribution in [-0.2, 0) is 4.74 Å². The Morgan fingerprint density at radius 1 is 1.24 bits per heavy atom. The normalized spacial score (nSPS) is 10.6. The molecule has 0 fully saturated rings. The highest BCUT2D eigenvalue weighted by Gasteiger charge is 2.09. The lowest BCUT2D eigenvalue weighted by atomic mass is 10.2. The second kappa shape index (κ2) is 6.30. The Morgan fingerprint density at radius 2 is 1.94 bits per heavy atom. The number of ether oxygens (including phenoxy) is 3. The number of benzene rings is 1. The van der Waals surface area contributed by atoms with Crippen molar-refractivity contribution in [2.75, 3.05) is 26.1 Å². The zero-order chi connectivity index (χ0) is 12.8. The molecule has 4 nitrogen and oxygen atoms in total. The predicted molar refractivity (Wildman–Crippen MR) is 63.9 cm³/mol. The van der Waals surface area contributed by atoms with Gasteiger partial charge in [-0.15, -0.1) is 0 Å². The van der Waals surface area contributed by atoms with E-state index in [9.17, 15) is 4.39 Å². The quantitative estimate of drug-likeness (QED) is 0.615. The van der Waals surface area contributed by atoms with Gasteiger partial charge in [-0.1, -0.05) is 0 Å². The van der Waals surface area contributed by atoms with E-state index >= 15 is 0 Å². The molecule has 0 saturated heterocycles. The molecule has 1 aromatic carbocycles. The first-order chi connectivity index (χ1) is 8.04. The van der Waals surface area contributed by atoms with Crippen LogP contribution in [0.15, 0.2) is 12.1 Å². The highest BCUT2D eigenvalue weighted by molar-refractivity contribution is 5.56. The fourth-order valence-corrected chi connectivity index (χ4v) is 1.27. The molecule has 1 rings (SSSR count). The van der Waals surface area contributed by atoms with Crippen molar-refractivity contribution in [2.24, 2.45) is 0 Å². The van der Waals surface area contributed by atoms with Crippen LogP contribution in [0.2, 0.25) is 0 Å². The predicted octanol–water partition coefficient (Wildman–Crippen LogP) is 2.22. The molecular weight excluding hydrogens is 225 g/mol.